The van der Waals surface area contributed by atoms with E-state index in [2.05, 4.69) is 10.3 Å². The van der Waals surface area contributed by atoms with Crippen LogP contribution in [-0.4, -0.2) is 29.9 Å². The molecule has 26 heavy (non-hydrogen) atoms. The summed E-state index contributed by atoms with van der Waals surface area (Å²) in [6.45, 7) is 0. The number of para-hydroxylation sites is 2. The van der Waals surface area contributed by atoms with Crippen molar-refractivity contribution in [1.82, 2.24) is 10.3 Å². The number of ether oxygens (including phenoxy) is 1. The fraction of sp³-hybridized carbons (Fsp3) is 0.150. The Balaban J connectivity index is 1.86. The summed E-state index contributed by atoms with van der Waals surface area (Å²) in [7, 11) is 1.56. The van der Waals surface area contributed by atoms with Gasteiger partial charge in [0.25, 0.3) is 5.91 Å². The van der Waals surface area contributed by atoms with Crippen LogP contribution in [0.3, 0.4) is 0 Å². The van der Waals surface area contributed by atoms with Gasteiger partial charge in [-0.1, -0.05) is 36.4 Å². The molecule has 3 N–H and O–H groups in total. The van der Waals surface area contributed by atoms with Crippen molar-refractivity contribution in [3.8, 4) is 5.75 Å². The molecule has 3 rings (SSSR count). The number of benzene rings is 2. The number of carbonyl (C=O) groups excluding carboxylic acids is 2. The lowest BCUT2D eigenvalue weighted by Gasteiger charge is -2.17. The number of fused-ring (bicyclic) bond motifs is 1. The Morgan fingerprint density at radius 3 is 2.62 bits per heavy atom. The Kier molecular flexibility index (Phi) is 5.12. The largest absolute Gasteiger partial charge is 0.496 e. The second-order valence-electron chi connectivity index (χ2n) is 5.82. The molecular formula is C20H19N3O3. The molecule has 0 aliphatic heterocycles. The molecule has 0 saturated carbocycles. The van der Waals surface area contributed by atoms with Crippen LogP contribution in [0.15, 0.2) is 60.8 Å². The van der Waals surface area contributed by atoms with Crippen molar-refractivity contribution >= 4 is 22.7 Å². The first-order valence-electron chi connectivity index (χ1n) is 8.16. The van der Waals surface area contributed by atoms with Crippen LogP contribution in [-0.2, 0) is 11.2 Å². The van der Waals surface area contributed by atoms with Gasteiger partial charge >= 0.3 is 0 Å². The second kappa shape index (κ2) is 7.65. The van der Waals surface area contributed by atoms with Crippen molar-refractivity contribution in [2.24, 2.45) is 5.73 Å². The van der Waals surface area contributed by atoms with Crippen molar-refractivity contribution < 1.29 is 14.3 Å². The van der Waals surface area contributed by atoms with Crippen LogP contribution in [0.1, 0.15) is 15.9 Å². The van der Waals surface area contributed by atoms with Crippen LogP contribution in [0.5, 0.6) is 5.75 Å². The van der Waals surface area contributed by atoms with E-state index in [0.29, 0.717) is 22.2 Å². The third-order valence-corrected chi connectivity index (χ3v) is 4.16. The van der Waals surface area contributed by atoms with Crippen molar-refractivity contribution in [2.75, 3.05) is 7.11 Å². The van der Waals surface area contributed by atoms with E-state index in [0.717, 1.165) is 5.56 Å². The molecule has 1 heterocycles. The number of amides is 2. The van der Waals surface area contributed by atoms with E-state index < -0.39 is 11.9 Å². The summed E-state index contributed by atoms with van der Waals surface area (Å²) in [4.78, 5) is 28.9. The number of nitrogens with zero attached hydrogens (tertiary/aromatic N) is 1. The first-order chi connectivity index (χ1) is 12.6. The van der Waals surface area contributed by atoms with Crippen molar-refractivity contribution in [2.45, 2.75) is 12.5 Å². The minimum absolute atomic E-state index is 0.244. The van der Waals surface area contributed by atoms with E-state index in [-0.39, 0.29) is 12.3 Å². The number of aromatic nitrogens is 1. The Morgan fingerprint density at radius 2 is 1.85 bits per heavy atom. The molecule has 0 aliphatic rings. The molecular weight excluding hydrogens is 330 g/mol. The molecule has 0 unspecified atom stereocenters. The highest BCUT2D eigenvalue weighted by atomic mass is 16.5. The van der Waals surface area contributed by atoms with E-state index in [9.17, 15) is 9.59 Å². The van der Waals surface area contributed by atoms with E-state index in [1.165, 1.54) is 0 Å². The van der Waals surface area contributed by atoms with Gasteiger partial charge < -0.3 is 15.8 Å². The molecule has 0 saturated heterocycles. The van der Waals surface area contributed by atoms with Crippen LogP contribution in [0, 0.1) is 0 Å². The molecule has 0 aliphatic carbocycles. The predicted octanol–water partition coefficient (Wildman–Crippen LogP) is 2.07. The highest BCUT2D eigenvalue weighted by molar-refractivity contribution is 6.07. The van der Waals surface area contributed by atoms with Gasteiger partial charge in [-0.2, -0.15) is 0 Å². The fourth-order valence-corrected chi connectivity index (χ4v) is 2.84. The summed E-state index contributed by atoms with van der Waals surface area (Å²) in [6.07, 6.45) is 1.81. The number of nitrogens with two attached hydrogens (primary N) is 1. The summed E-state index contributed by atoms with van der Waals surface area (Å²) < 4.78 is 5.30. The minimum Gasteiger partial charge on any atom is -0.496 e. The summed E-state index contributed by atoms with van der Waals surface area (Å²) in [5.74, 6) is -0.340. The van der Waals surface area contributed by atoms with Crippen LogP contribution in [0.4, 0.5) is 0 Å². The molecule has 132 valence electrons. The molecule has 1 atom stereocenters. The molecule has 1 aromatic heterocycles. The first kappa shape index (κ1) is 17.4. The SMILES string of the molecule is COc1ccccc1C[C@@H](NC(=O)c1ccnc2ccccc12)C(N)=O. The van der Waals surface area contributed by atoms with Crippen LogP contribution in [0.25, 0.3) is 10.9 Å². The number of nitrogens with one attached hydrogen (secondary N) is 1. The van der Waals surface area contributed by atoms with Gasteiger partial charge in [-0.05, 0) is 23.8 Å². The maximum absolute atomic E-state index is 12.7. The number of pyridine rings is 1. The zero-order chi connectivity index (χ0) is 18.5. The van der Waals surface area contributed by atoms with Gasteiger partial charge in [0, 0.05) is 18.0 Å². The first-order valence-corrected chi connectivity index (χ1v) is 8.16. The Morgan fingerprint density at radius 1 is 1.12 bits per heavy atom. The maximum Gasteiger partial charge on any atom is 0.252 e. The van der Waals surface area contributed by atoms with Crippen molar-refractivity contribution in [3.63, 3.8) is 0 Å². The molecule has 6 nitrogen and oxygen atoms in total. The molecule has 0 spiro atoms. The summed E-state index contributed by atoms with van der Waals surface area (Å²) in [5.41, 5.74) is 7.45. The zero-order valence-electron chi connectivity index (χ0n) is 14.3. The fourth-order valence-electron chi connectivity index (χ4n) is 2.84. The normalized spacial score (nSPS) is 11.7. The van der Waals surface area contributed by atoms with Gasteiger partial charge in [0.2, 0.25) is 5.91 Å². The summed E-state index contributed by atoms with van der Waals surface area (Å²) in [6, 6.07) is 15.4. The van der Waals surface area contributed by atoms with Crippen LogP contribution in [0.2, 0.25) is 0 Å². The number of hydrogen-bond donors (Lipinski definition) is 2. The highest BCUT2D eigenvalue weighted by Crippen LogP contribution is 2.20. The third kappa shape index (κ3) is 3.64. The van der Waals surface area contributed by atoms with Crippen molar-refractivity contribution in [1.29, 1.82) is 0 Å². The predicted molar refractivity (Wildman–Crippen MR) is 98.9 cm³/mol. The number of primary amides is 1. The third-order valence-electron chi connectivity index (χ3n) is 4.16. The molecule has 2 amide bonds. The van der Waals surface area contributed by atoms with Gasteiger partial charge in [-0.25, -0.2) is 0 Å². The molecule has 6 heteroatoms. The number of hydrogen-bond acceptors (Lipinski definition) is 4. The van der Waals surface area contributed by atoms with Gasteiger partial charge in [-0.15, -0.1) is 0 Å². The standard InChI is InChI=1S/C20H19N3O3/c1-26-18-9-5-2-6-13(18)12-17(19(21)24)23-20(25)15-10-11-22-16-8-4-3-7-14(15)16/h2-11,17H,12H2,1H3,(H2,21,24)(H,23,25)/t17-/m1/s1. The van der Waals surface area contributed by atoms with Gasteiger partial charge in [-0.3, -0.25) is 14.6 Å². The minimum atomic E-state index is -0.856. The highest BCUT2D eigenvalue weighted by Gasteiger charge is 2.22. The summed E-state index contributed by atoms with van der Waals surface area (Å²) >= 11 is 0. The molecule has 3 aromatic rings. The quantitative estimate of drug-likeness (QED) is 0.712. The van der Waals surface area contributed by atoms with E-state index in [1.54, 1.807) is 25.4 Å². The molecule has 2 aromatic carbocycles. The smallest absolute Gasteiger partial charge is 0.252 e. The monoisotopic (exact) mass is 349 g/mol. The topological polar surface area (TPSA) is 94.3 Å². The molecule has 0 bridgehead atoms. The van der Waals surface area contributed by atoms with Gasteiger partial charge in [0.05, 0.1) is 18.2 Å². The maximum atomic E-state index is 12.7. The Bertz CT molecular complexity index is 950. The average Bonchev–Trinajstić information content (AvgIpc) is 2.67. The van der Waals surface area contributed by atoms with Gasteiger partial charge in [0.1, 0.15) is 11.8 Å². The lowest BCUT2D eigenvalue weighted by Crippen LogP contribution is -2.46. The molecule has 0 radical (unpaired) electrons. The Hall–Kier alpha value is -3.41. The number of rotatable bonds is 6. The van der Waals surface area contributed by atoms with E-state index in [4.69, 9.17) is 10.5 Å². The Labute approximate surface area is 151 Å². The average molecular weight is 349 g/mol. The number of carbonyl (C=O) groups is 2. The lowest BCUT2D eigenvalue weighted by atomic mass is 10.0. The number of methoxy groups -OCH3 is 1. The molecule has 0 fully saturated rings. The van der Waals surface area contributed by atoms with E-state index in [1.807, 2.05) is 42.5 Å². The summed E-state index contributed by atoms with van der Waals surface area (Å²) in [5, 5.41) is 3.44. The zero-order valence-corrected chi connectivity index (χ0v) is 14.3. The lowest BCUT2D eigenvalue weighted by molar-refractivity contribution is -0.119. The van der Waals surface area contributed by atoms with Crippen LogP contribution < -0.4 is 15.8 Å². The van der Waals surface area contributed by atoms with Crippen LogP contribution >= 0.6 is 0 Å². The second-order valence-corrected chi connectivity index (χ2v) is 5.82. The van der Waals surface area contributed by atoms with E-state index >= 15 is 0 Å². The van der Waals surface area contributed by atoms with Gasteiger partial charge in [0.15, 0.2) is 0 Å². The van der Waals surface area contributed by atoms with Crippen molar-refractivity contribution in [3.05, 3.63) is 71.9 Å².